The quantitative estimate of drug-likeness (QED) is 0.0194. The van der Waals surface area contributed by atoms with E-state index in [0.717, 1.165) is 31.7 Å². The second-order valence-corrected chi connectivity index (χ2v) is 21.4. The van der Waals surface area contributed by atoms with Crippen LogP contribution in [0.1, 0.15) is 84.2 Å². The number of amides is 1. The molecule has 35 nitrogen and oxygen atoms in total. The fraction of sp³-hybridized carbons (Fsp3) is 0.221. The molecule has 13 aromatic rings. The number of hydrogen-bond donors (Lipinski definition) is 11. The maximum absolute atomic E-state index is 13.2. The van der Waals surface area contributed by atoms with Crippen molar-refractivity contribution in [2.75, 3.05) is 28.4 Å². The molecule has 104 heavy (non-hydrogen) atoms. The smallest absolute Gasteiger partial charge is 0.340 e. The topological polar surface area (TPSA) is 538 Å². The highest BCUT2D eigenvalue weighted by atomic mass is 35.5. The third-order valence-corrected chi connectivity index (χ3v) is 14.8. The second-order valence-electron chi connectivity index (χ2n) is 21.4. The summed E-state index contributed by atoms with van der Waals surface area (Å²) in [6.07, 6.45) is 10.5. The van der Waals surface area contributed by atoms with Gasteiger partial charge in [-0.3, -0.25) is 44.4 Å². The minimum atomic E-state index is -0.944. The van der Waals surface area contributed by atoms with Crippen LogP contribution in [0.15, 0.2) is 153 Å². The van der Waals surface area contributed by atoms with Crippen molar-refractivity contribution in [2.24, 2.45) is 11.7 Å². The number of aromatic amines is 2. The summed E-state index contributed by atoms with van der Waals surface area (Å²) in [7, 11) is 6.03. The highest BCUT2D eigenvalue weighted by Gasteiger charge is 2.30. The van der Waals surface area contributed by atoms with Crippen molar-refractivity contribution >= 4 is 74.7 Å². The maximum Gasteiger partial charge on any atom is 0.340 e. The van der Waals surface area contributed by atoms with Crippen LogP contribution in [0.3, 0.4) is 0 Å². The number of carbonyl (C=O) groups excluding carboxylic acids is 1. The number of nitrogen functional groups attached to an aromatic ring is 1. The minimum absolute atomic E-state index is 0. The molecule has 544 valence electrons. The predicted molar refractivity (Wildman–Crippen MR) is 373 cm³/mol. The standard InChI is InChI=1S/C26H25N5O6.C18H23N3O5.2C8H6N2O3.C8H5NO3.ClH.H3NO/c1-4-5-8-14-20(21-16(34-2)9-6-10-17(21)35-3)24(32)22(25(33)28-14)26-30-29-19(36-26)13-15-23-18(37-31-15)11-7-12-27-23;1-4-5-7-10-13(14-11(25-2)8-6-9-12(14)26-3)16(22)15(17(23)20-10)18(24)21-19;2*11-7(12)4-5-8-6(13-10-5)2-1-3-9-8;10-5-4-7(11)12-6-2-1-3-9-8(5)6;;1-2/h6-7,9-12H,4-5,8,13H2,1-3H3,(H2,28,32,33);6,8-9H,4-5,7,19H2,1-3H3,(H,21,24)(H2,20,22,23);2*1-3H,4H2,(H,11,12);1-4,10H;1H;2H,1H2. The van der Waals surface area contributed by atoms with Crippen LogP contribution in [0, 0.1) is 0 Å². The summed E-state index contributed by atoms with van der Waals surface area (Å²) in [5, 5.41) is 74.5. The number of methoxy groups -OCH3 is 4. The first kappa shape index (κ1) is 78.2. The number of hydrazine groups is 1. The number of benzene rings is 2. The molecule has 0 spiro atoms. The van der Waals surface area contributed by atoms with Gasteiger partial charge in [-0.05, 0) is 98.5 Å². The summed E-state index contributed by atoms with van der Waals surface area (Å²) >= 11 is 0. The summed E-state index contributed by atoms with van der Waals surface area (Å²) in [6, 6.07) is 24.9. The number of fused-ring (bicyclic) bond motifs is 4. The predicted octanol–water partition coefficient (Wildman–Crippen LogP) is 8.34. The van der Waals surface area contributed by atoms with Crippen LogP contribution in [0.5, 0.6) is 40.2 Å². The van der Waals surface area contributed by atoms with E-state index in [2.05, 4.69) is 61.5 Å². The number of ether oxygens (including phenoxy) is 4. The van der Waals surface area contributed by atoms with Gasteiger partial charge in [-0.1, -0.05) is 54.3 Å². The Morgan fingerprint density at radius 1 is 0.519 bits per heavy atom. The Labute approximate surface area is 592 Å². The minimum Gasteiger partial charge on any atom is -0.506 e. The van der Waals surface area contributed by atoms with Gasteiger partial charge in [0.25, 0.3) is 22.9 Å². The Morgan fingerprint density at radius 3 is 1.37 bits per heavy atom. The van der Waals surface area contributed by atoms with Crippen LogP contribution in [-0.2, 0) is 41.7 Å². The lowest BCUT2D eigenvalue weighted by Crippen LogP contribution is -2.35. The molecule has 0 bridgehead atoms. The van der Waals surface area contributed by atoms with Gasteiger partial charge in [-0.25, -0.2) is 21.5 Å². The molecule has 0 unspecified atom stereocenters. The Bertz CT molecular complexity index is 5150. The molecule has 13 N–H and O–H groups in total. The molecule has 0 aliphatic carbocycles. The molecule has 11 aromatic heterocycles. The summed E-state index contributed by atoms with van der Waals surface area (Å²) < 4.78 is 47.6. The largest absolute Gasteiger partial charge is 0.506 e. The second kappa shape index (κ2) is 37.3. The first-order valence-electron chi connectivity index (χ1n) is 30.9. The van der Waals surface area contributed by atoms with E-state index in [1.807, 2.05) is 19.3 Å². The van der Waals surface area contributed by atoms with Crippen molar-refractivity contribution in [1.82, 2.24) is 61.0 Å². The summed E-state index contributed by atoms with van der Waals surface area (Å²) in [5.74, 6) is 6.82. The number of halogens is 1. The number of unbranched alkanes of at least 4 members (excludes halogenated alkanes) is 2. The molecule has 11 heterocycles. The average Bonchev–Trinajstić information content (AvgIpc) is 0.880. The Morgan fingerprint density at radius 2 is 0.933 bits per heavy atom. The number of rotatable bonds is 20. The van der Waals surface area contributed by atoms with E-state index in [1.165, 1.54) is 34.6 Å². The molecule has 0 saturated heterocycles. The Balaban J connectivity index is 0.000000195. The molecule has 0 radical (unpaired) electrons. The molecule has 2 aromatic carbocycles. The van der Waals surface area contributed by atoms with Gasteiger partial charge >= 0.3 is 17.6 Å². The van der Waals surface area contributed by atoms with Crippen molar-refractivity contribution in [3.05, 3.63) is 187 Å². The molecule has 0 fully saturated rings. The van der Waals surface area contributed by atoms with Crippen molar-refractivity contribution in [3.8, 4) is 74.0 Å². The number of nitrogens with one attached hydrogen (secondary N) is 3. The van der Waals surface area contributed by atoms with Crippen molar-refractivity contribution < 1.29 is 86.5 Å². The number of aliphatic carboxylic acids is 2. The SMILES string of the molecule is CCCCc1[nH]c(=O)c(-c2nnc(Cc3noc4cccnc34)o2)c(O)c1-c1c(OC)cccc1OC.CCCCc1[nH]c(=O)c(C(=O)NN)c(O)c1-c1c(OC)cccc1OC.Cl.NO.O=C(O)Cc1noc2cccnc12.O=C(O)Cc1noc2cccnc12.O=c1cc(O)c2ncccc2o1. The number of aryl methyl sites for hydroxylation is 2. The number of H-pyrrole nitrogens is 2. The van der Waals surface area contributed by atoms with Crippen LogP contribution >= 0.6 is 12.4 Å². The Kier molecular flexibility index (Phi) is 28.1. The molecular formula is C68H69ClN14O21. The normalized spacial score (nSPS) is 10.5. The van der Waals surface area contributed by atoms with E-state index in [4.69, 9.17) is 62.6 Å². The van der Waals surface area contributed by atoms with Gasteiger partial charge in [-0.2, -0.15) is 0 Å². The maximum atomic E-state index is 13.2. The monoisotopic (exact) mass is 1450 g/mol. The molecule has 0 aliphatic heterocycles. The zero-order valence-corrected chi connectivity index (χ0v) is 57.0. The zero-order chi connectivity index (χ0) is 74.3. The number of aromatic hydroxyl groups is 3. The highest BCUT2D eigenvalue weighted by molar-refractivity contribution is 6.00. The van der Waals surface area contributed by atoms with Crippen molar-refractivity contribution in [3.63, 3.8) is 0 Å². The molecule has 0 aliphatic rings. The Hall–Kier alpha value is -13.1. The lowest BCUT2D eigenvalue weighted by Gasteiger charge is -2.18. The van der Waals surface area contributed by atoms with Crippen LogP contribution in [0.2, 0.25) is 0 Å². The number of hydrogen-bond acceptors (Lipinski definition) is 30. The summed E-state index contributed by atoms with van der Waals surface area (Å²) in [6.45, 7) is 4.06. The van der Waals surface area contributed by atoms with Gasteiger partial charge in [0.05, 0.1) is 76.0 Å². The summed E-state index contributed by atoms with van der Waals surface area (Å²) in [5.41, 5.74) is 7.10. The summed E-state index contributed by atoms with van der Waals surface area (Å²) in [4.78, 5) is 90.7. The number of nitrogens with zero attached hydrogens (tertiary/aromatic N) is 9. The first-order chi connectivity index (χ1) is 49.9. The lowest BCUT2D eigenvalue weighted by atomic mass is 9.95. The number of carboxylic acid groups (broad SMARTS) is 2. The number of nitrogens with two attached hydrogens (primary N) is 2. The van der Waals surface area contributed by atoms with E-state index in [0.29, 0.717) is 125 Å². The third kappa shape index (κ3) is 18.5. The van der Waals surface area contributed by atoms with Crippen LogP contribution in [-0.4, -0.2) is 133 Å². The van der Waals surface area contributed by atoms with Crippen LogP contribution in [0.4, 0.5) is 0 Å². The number of carbonyl (C=O) groups is 3. The van der Waals surface area contributed by atoms with Gasteiger partial charge in [0.15, 0.2) is 28.1 Å². The fourth-order valence-corrected chi connectivity index (χ4v) is 10.2. The number of carboxylic acids is 2. The molecule has 0 atom stereocenters. The van der Waals surface area contributed by atoms with Crippen molar-refractivity contribution in [1.29, 1.82) is 0 Å². The molecular weight excluding hydrogens is 1380 g/mol. The first-order valence-corrected chi connectivity index (χ1v) is 30.9. The molecule has 1 amide bonds. The van der Waals surface area contributed by atoms with Gasteiger partial charge in [0.1, 0.15) is 84.8 Å². The highest BCUT2D eigenvalue weighted by Crippen LogP contribution is 2.47. The van der Waals surface area contributed by atoms with E-state index < -0.39 is 45.9 Å². The van der Waals surface area contributed by atoms with Crippen LogP contribution < -0.4 is 52.9 Å². The average molecular weight is 1450 g/mol. The van der Waals surface area contributed by atoms with Gasteiger partial charge in [0.2, 0.25) is 5.89 Å². The van der Waals surface area contributed by atoms with E-state index in [9.17, 15) is 44.1 Å². The molecule has 36 heteroatoms. The van der Waals surface area contributed by atoms with E-state index in [-0.39, 0.29) is 66.1 Å². The third-order valence-electron chi connectivity index (χ3n) is 14.8. The van der Waals surface area contributed by atoms with Gasteiger partial charge in [0, 0.05) is 36.2 Å². The number of pyridine rings is 6. The van der Waals surface area contributed by atoms with E-state index >= 15 is 0 Å². The molecule has 13 rings (SSSR count). The van der Waals surface area contributed by atoms with E-state index in [1.54, 1.807) is 104 Å². The number of aromatic nitrogens is 11. The van der Waals surface area contributed by atoms with Crippen LogP contribution in [0.25, 0.3) is 78.1 Å². The zero-order valence-electron chi connectivity index (χ0n) is 56.2. The van der Waals surface area contributed by atoms with Gasteiger partial charge in [-0.15, -0.1) is 22.6 Å². The fourth-order valence-electron chi connectivity index (χ4n) is 10.2. The lowest BCUT2D eigenvalue weighted by molar-refractivity contribution is -0.137. The van der Waals surface area contributed by atoms with Crippen molar-refractivity contribution in [2.45, 2.75) is 71.6 Å². The van der Waals surface area contributed by atoms with Gasteiger partial charge < -0.3 is 82.1 Å². The molecule has 0 saturated carbocycles.